The van der Waals surface area contributed by atoms with E-state index < -0.39 is 0 Å². The van der Waals surface area contributed by atoms with Crippen LogP contribution in [0, 0.1) is 0 Å². The number of hydrogen-bond donors (Lipinski definition) is 1. The van der Waals surface area contributed by atoms with Crippen molar-refractivity contribution in [2.24, 2.45) is 0 Å². The summed E-state index contributed by atoms with van der Waals surface area (Å²) in [5.41, 5.74) is 1.49. The van der Waals surface area contributed by atoms with Gasteiger partial charge in [0.1, 0.15) is 5.01 Å². The van der Waals surface area contributed by atoms with Gasteiger partial charge in [-0.15, -0.1) is 11.3 Å². The van der Waals surface area contributed by atoms with Crippen LogP contribution in [0.2, 0.25) is 0 Å². The molecule has 1 N–H and O–H groups in total. The fourth-order valence-corrected chi connectivity index (χ4v) is 3.60. The summed E-state index contributed by atoms with van der Waals surface area (Å²) >= 11 is 1.73. The second-order valence-electron chi connectivity index (χ2n) is 5.21. The van der Waals surface area contributed by atoms with Gasteiger partial charge in [-0.05, 0) is 24.3 Å². The van der Waals surface area contributed by atoms with Crippen LogP contribution in [-0.2, 0) is 6.54 Å². The van der Waals surface area contributed by atoms with Gasteiger partial charge >= 0.3 is 0 Å². The second-order valence-corrected chi connectivity index (χ2v) is 6.19. The summed E-state index contributed by atoms with van der Waals surface area (Å²) < 4.78 is 0. The van der Waals surface area contributed by atoms with Crippen LogP contribution >= 0.6 is 11.3 Å². The maximum absolute atomic E-state index is 4.35. The molecule has 1 aliphatic carbocycles. The zero-order chi connectivity index (χ0) is 12.9. The van der Waals surface area contributed by atoms with Crippen molar-refractivity contribution >= 4 is 11.3 Å². The molecule has 1 aromatic carbocycles. The summed E-state index contributed by atoms with van der Waals surface area (Å²) in [6, 6.07) is 11.6. The number of benzene rings is 1. The van der Waals surface area contributed by atoms with E-state index in [0.717, 1.165) is 6.54 Å². The minimum atomic E-state index is 0.597. The topological polar surface area (TPSA) is 24.9 Å². The molecule has 2 unspecified atom stereocenters. The molecule has 0 saturated heterocycles. The Labute approximate surface area is 118 Å². The zero-order valence-electron chi connectivity index (χ0n) is 11.1. The van der Waals surface area contributed by atoms with Crippen molar-refractivity contribution in [1.29, 1.82) is 0 Å². The second kappa shape index (κ2) is 6.31. The molecule has 2 aromatic rings. The summed E-state index contributed by atoms with van der Waals surface area (Å²) in [5.74, 6) is 0.662. The third-order valence-corrected chi connectivity index (χ3v) is 4.77. The van der Waals surface area contributed by atoms with Gasteiger partial charge in [0.25, 0.3) is 0 Å². The van der Waals surface area contributed by atoms with Crippen molar-refractivity contribution in [3.05, 3.63) is 52.5 Å². The van der Waals surface area contributed by atoms with Crippen LogP contribution in [0.4, 0.5) is 0 Å². The minimum absolute atomic E-state index is 0.597. The fraction of sp³-hybridized carbons (Fsp3) is 0.438. The largest absolute Gasteiger partial charge is 0.307 e. The van der Waals surface area contributed by atoms with E-state index in [1.807, 2.05) is 11.6 Å². The molecule has 0 amide bonds. The molecule has 0 aliphatic heterocycles. The van der Waals surface area contributed by atoms with Gasteiger partial charge in [-0.3, -0.25) is 0 Å². The molecule has 2 nitrogen and oxygen atoms in total. The molecule has 1 fully saturated rings. The van der Waals surface area contributed by atoms with E-state index in [9.17, 15) is 0 Å². The Morgan fingerprint density at radius 3 is 2.79 bits per heavy atom. The van der Waals surface area contributed by atoms with Gasteiger partial charge < -0.3 is 5.32 Å². The lowest BCUT2D eigenvalue weighted by molar-refractivity contribution is 0.326. The molecule has 1 aromatic heterocycles. The molecule has 3 heteroatoms. The number of rotatable bonds is 4. The van der Waals surface area contributed by atoms with E-state index in [1.165, 1.54) is 36.3 Å². The molecule has 0 spiro atoms. The lowest BCUT2D eigenvalue weighted by Gasteiger charge is -2.32. The van der Waals surface area contributed by atoms with Crippen molar-refractivity contribution in [2.75, 3.05) is 0 Å². The maximum atomic E-state index is 4.35. The first-order valence-corrected chi connectivity index (χ1v) is 7.98. The third kappa shape index (κ3) is 3.23. The van der Waals surface area contributed by atoms with Crippen molar-refractivity contribution in [2.45, 2.75) is 44.2 Å². The summed E-state index contributed by atoms with van der Waals surface area (Å²) in [6.45, 7) is 0.908. The van der Waals surface area contributed by atoms with E-state index in [-0.39, 0.29) is 0 Å². The Morgan fingerprint density at radius 1 is 1.16 bits per heavy atom. The highest BCUT2D eigenvalue weighted by Gasteiger charge is 2.25. The molecular weight excluding hydrogens is 252 g/mol. The van der Waals surface area contributed by atoms with Crippen molar-refractivity contribution < 1.29 is 0 Å². The van der Waals surface area contributed by atoms with E-state index in [4.69, 9.17) is 0 Å². The normalized spacial score (nSPS) is 23.4. The van der Waals surface area contributed by atoms with Gasteiger partial charge in [0.2, 0.25) is 0 Å². The number of thiazole rings is 1. The third-order valence-electron chi connectivity index (χ3n) is 3.99. The van der Waals surface area contributed by atoms with Crippen LogP contribution in [0.3, 0.4) is 0 Å². The first kappa shape index (κ1) is 12.8. The van der Waals surface area contributed by atoms with Crippen LogP contribution in [0.15, 0.2) is 41.9 Å². The number of hydrogen-bond acceptors (Lipinski definition) is 3. The van der Waals surface area contributed by atoms with Crippen LogP contribution in [0.5, 0.6) is 0 Å². The molecular formula is C16H20N2S. The molecule has 0 radical (unpaired) electrons. The first-order valence-electron chi connectivity index (χ1n) is 7.10. The summed E-state index contributed by atoms with van der Waals surface area (Å²) in [7, 11) is 0. The SMILES string of the molecule is c1ccc(C2CCCCC2NCc2nccs2)cc1. The molecule has 3 rings (SSSR count). The molecule has 1 aliphatic rings. The Hall–Kier alpha value is -1.19. The highest BCUT2D eigenvalue weighted by molar-refractivity contribution is 7.09. The standard InChI is InChI=1S/C16H20N2S/c1-2-6-13(7-3-1)14-8-4-5-9-15(14)18-12-16-17-10-11-19-16/h1-3,6-7,10-11,14-15,18H,4-5,8-9,12H2. The average molecular weight is 272 g/mol. The van der Waals surface area contributed by atoms with Crippen molar-refractivity contribution in [3.63, 3.8) is 0 Å². The molecule has 100 valence electrons. The lowest BCUT2D eigenvalue weighted by atomic mass is 9.80. The molecule has 1 heterocycles. The van der Waals surface area contributed by atoms with Gasteiger partial charge in [-0.25, -0.2) is 4.98 Å². The first-order chi connectivity index (χ1) is 9.43. The Bertz CT molecular complexity index is 481. The number of nitrogens with zero attached hydrogens (tertiary/aromatic N) is 1. The smallest absolute Gasteiger partial charge is 0.106 e. The average Bonchev–Trinajstić information content (AvgIpc) is 3.00. The van der Waals surface area contributed by atoms with Gasteiger partial charge in [-0.2, -0.15) is 0 Å². The van der Waals surface area contributed by atoms with Crippen molar-refractivity contribution in [1.82, 2.24) is 10.3 Å². The predicted octanol–water partition coefficient (Wildman–Crippen LogP) is 3.96. The van der Waals surface area contributed by atoms with Gasteiger partial charge in [0.05, 0.1) is 0 Å². The summed E-state index contributed by atoms with van der Waals surface area (Å²) in [6.07, 6.45) is 7.18. The monoisotopic (exact) mass is 272 g/mol. The molecule has 19 heavy (non-hydrogen) atoms. The van der Waals surface area contributed by atoms with Crippen molar-refractivity contribution in [3.8, 4) is 0 Å². The summed E-state index contributed by atoms with van der Waals surface area (Å²) in [5, 5.41) is 6.96. The minimum Gasteiger partial charge on any atom is -0.307 e. The van der Waals surface area contributed by atoms with Crippen LogP contribution in [0.1, 0.15) is 42.2 Å². The molecule has 2 atom stereocenters. The van der Waals surface area contributed by atoms with Gasteiger partial charge in [-0.1, -0.05) is 43.2 Å². The Balaban J connectivity index is 1.67. The Morgan fingerprint density at radius 2 is 2.00 bits per heavy atom. The molecule has 0 bridgehead atoms. The predicted molar refractivity (Wildman–Crippen MR) is 80.4 cm³/mol. The number of aromatic nitrogens is 1. The van der Waals surface area contributed by atoms with Crippen LogP contribution in [-0.4, -0.2) is 11.0 Å². The zero-order valence-corrected chi connectivity index (χ0v) is 11.9. The molecule has 1 saturated carbocycles. The maximum Gasteiger partial charge on any atom is 0.106 e. The van der Waals surface area contributed by atoms with E-state index >= 15 is 0 Å². The van der Waals surface area contributed by atoms with E-state index in [2.05, 4.69) is 40.6 Å². The van der Waals surface area contributed by atoms with Gasteiger partial charge in [0.15, 0.2) is 0 Å². The quantitative estimate of drug-likeness (QED) is 0.911. The number of nitrogens with one attached hydrogen (secondary N) is 1. The lowest BCUT2D eigenvalue weighted by Crippen LogP contribution is -2.36. The van der Waals surface area contributed by atoms with Crippen LogP contribution in [0.25, 0.3) is 0 Å². The van der Waals surface area contributed by atoms with Crippen LogP contribution < -0.4 is 5.32 Å². The van der Waals surface area contributed by atoms with E-state index in [0.29, 0.717) is 12.0 Å². The highest BCUT2D eigenvalue weighted by Crippen LogP contribution is 2.33. The fourth-order valence-electron chi connectivity index (χ4n) is 3.03. The van der Waals surface area contributed by atoms with E-state index in [1.54, 1.807) is 11.3 Å². The highest BCUT2D eigenvalue weighted by atomic mass is 32.1. The Kier molecular flexibility index (Phi) is 4.26. The van der Waals surface area contributed by atoms with Gasteiger partial charge in [0, 0.05) is 24.2 Å². The summed E-state index contributed by atoms with van der Waals surface area (Å²) in [4.78, 5) is 4.35.